The molecule has 1 rings (SSSR count). The second kappa shape index (κ2) is 7.40. The normalized spacial score (nSPS) is 10.9. The third-order valence-corrected chi connectivity index (χ3v) is 2.60. The van der Waals surface area contributed by atoms with Crippen molar-refractivity contribution in [2.75, 3.05) is 31.5 Å². The summed E-state index contributed by atoms with van der Waals surface area (Å²) >= 11 is 5.60. The third kappa shape index (κ3) is 4.83. The van der Waals surface area contributed by atoms with Crippen molar-refractivity contribution in [3.05, 3.63) is 17.3 Å². The van der Waals surface area contributed by atoms with Crippen molar-refractivity contribution < 1.29 is 4.39 Å². The largest absolute Gasteiger partial charge is 0.366 e. The van der Waals surface area contributed by atoms with E-state index in [1.807, 2.05) is 0 Å². The Hall–Kier alpha value is -0.940. The molecule has 0 saturated heterocycles. The predicted octanol–water partition coefficient (Wildman–Crippen LogP) is 2.41. The summed E-state index contributed by atoms with van der Waals surface area (Å²) < 4.78 is 13.3. The van der Waals surface area contributed by atoms with Crippen LogP contribution in [-0.2, 0) is 0 Å². The first kappa shape index (κ1) is 14.1. The first-order valence-corrected chi connectivity index (χ1v) is 6.19. The van der Waals surface area contributed by atoms with Gasteiger partial charge < -0.3 is 10.2 Å². The van der Waals surface area contributed by atoms with E-state index in [4.69, 9.17) is 11.6 Å². The highest BCUT2D eigenvalue weighted by molar-refractivity contribution is 6.28. The molecule has 1 N–H and O–H groups in total. The molecule has 0 fully saturated rings. The summed E-state index contributed by atoms with van der Waals surface area (Å²) in [6, 6.07) is 0. The average molecular weight is 261 g/mol. The molecule has 17 heavy (non-hydrogen) atoms. The molecule has 0 atom stereocenters. The molecule has 0 aliphatic rings. The molecule has 0 radical (unpaired) electrons. The van der Waals surface area contributed by atoms with E-state index in [1.54, 1.807) is 0 Å². The highest BCUT2D eigenvalue weighted by Crippen LogP contribution is 2.11. The predicted molar refractivity (Wildman–Crippen MR) is 67.9 cm³/mol. The molecule has 0 aliphatic carbocycles. The lowest BCUT2D eigenvalue weighted by Gasteiger charge is -2.19. The maximum Gasteiger partial charge on any atom is 0.224 e. The number of anilines is 1. The van der Waals surface area contributed by atoms with Gasteiger partial charge in [0.05, 0.1) is 6.20 Å². The van der Waals surface area contributed by atoms with E-state index in [0.29, 0.717) is 6.54 Å². The number of aromatic nitrogens is 2. The first-order chi connectivity index (χ1) is 8.17. The fourth-order valence-corrected chi connectivity index (χ4v) is 1.68. The minimum atomic E-state index is -0.479. The lowest BCUT2D eigenvalue weighted by molar-refractivity contribution is 0.300. The molecule has 0 saturated carbocycles. The minimum Gasteiger partial charge on any atom is -0.366 e. The van der Waals surface area contributed by atoms with E-state index in [9.17, 15) is 4.39 Å². The fourth-order valence-electron chi connectivity index (χ4n) is 1.55. The van der Waals surface area contributed by atoms with Crippen molar-refractivity contribution >= 4 is 17.4 Å². The maximum absolute atomic E-state index is 13.3. The number of likely N-dealkylation sites (N-methyl/N-ethyl adjacent to an activating group) is 1. The van der Waals surface area contributed by atoms with Crippen LogP contribution in [0.3, 0.4) is 0 Å². The molecule has 1 aromatic heterocycles. The van der Waals surface area contributed by atoms with E-state index in [-0.39, 0.29) is 11.1 Å². The van der Waals surface area contributed by atoms with Gasteiger partial charge in [0.25, 0.3) is 0 Å². The van der Waals surface area contributed by atoms with Gasteiger partial charge >= 0.3 is 0 Å². The van der Waals surface area contributed by atoms with Crippen LogP contribution in [0.15, 0.2) is 6.20 Å². The van der Waals surface area contributed by atoms with Gasteiger partial charge in [-0.15, -0.1) is 0 Å². The molecule has 1 heterocycles. The molecule has 0 unspecified atom stereocenters. The molecule has 4 nitrogen and oxygen atoms in total. The lowest BCUT2D eigenvalue weighted by Crippen LogP contribution is -2.30. The van der Waals surface area contributed by atoms with E-state index in [1.165, 1.54) is 0 Å². The van der Waals surface area contributed by atoms with Crippen LogP contribution in [0.5, 0.6) is 0 Å². The molecule has 0 spiro atoms. The SMILES string of the molecule is CCCN(CC)CCNc1nc(Cl)ncc1F. The second-order valence-corrected chi connectivity index (χ2v) is 4.03. The van der Waals surface area contributed by atoms with Crippen LogP contribution in [0.1, 0.15) is 20.3 Å². The van der Waals surface area contributed by atoms with Crippen LogP contribution in [-0.4, -0.2) is 41.0 Å². The summed E-state index contributed by atoms with van der Waals surface area (Å²) in [5, 5.41) is 2.98. The Kier molecular flexibility index (Phi) is 6.15. The van der Waals surface area contributed by atoms with Gasteiger partial charge in [-0.3, -0.25) is 0 Å². The van der Waals surface area contributed by atoms with Gasteiger partial charge in [-0.2, -0.15) is 4.98 Å². The maximum atomic E-state index is 13.3. The van der Waals surface area contributed by atoms with Gasteiger partial charge in [0.15, 0.2) is 11.6 Å². The molecule has 96 valence electrons. The molecule has 0 bridgehead atoms. The van der Waals surface area contributed by atoms with E-state index in [2.05, 4.69) is 34.0 Å². The zero-order valence-electron chi connectivity index (χ0n) is 10.2. The monoisotopic (exact) mass is 260 g/mol. The molecule has 0 amide bonds. The summed E-state index contributed by atoms with van der Waals surface area (Å²) in [4.78, 5) is 9.63. The van der Waals surface area contributed by atoms with Crippen LogP contribution < -0.4 is 5.32 Å². The second-order valence-electron chi connectivity index (χ2n) is 3.70. The Morgan fingerprint density at radius 2 is 2.18 bits per heavy atom. The van der Waals surface area contributed by atoms with Crippen molar-refractivity contribution in [3.63, 3.8) is 0 Å². The Bertz CT molecular complexity index is 348. The lowest BCUT2D eigenvalue weighted by atomic mass is 10.4. The van der Waals surface area contributed by atoms with Crippen molar-refractivity contribution in [1.82, 2.24) is 14.9 Å². The van der Waals surface area contributed by atoms with Gasteiger partial charge in [-0.25, -0.2) is 9.37 Å². The van der Waals surface area contributed by atoms with Crippen LogP contribution in [0, 0.1) is 5.82 Å². The van der Waals surface area contributed by atoms with Gasteiger partial charge in [0.2, 0.25) is 5.28 Å². The molecule has 1 aromatic rings. The Morgan fingerprint density at radius 1 is 1.41 bits per heavy atom. The number of rotatable bonds is 7. The standard InChI is InChI=1S/C11H18ClFN4/c1-3-6-17(4-2)7-5-14-10-9(13)8-15-11(12)16-10/h8H,3-7H2,1-2H3,(H,14,15,16). The summed E-state index contributed by atoms with van der Waals surface area (Å²) in [7, 11) is 0. The molecule has 0 aromatic carbocycles. The van der Waals surface area contributed by atoms with E-state index < -0.39 is 5.82 Å². The number of hydrogen-bond acceptors (Lipinski definition) is 4. The highest BCUT2D eigenvalue weighted by Gasteiger charge is 2.06. The topological polar surface area (TPSA) is 41.0 Å². The molecular weight excluding hydrogens is 243 g/mol. The van der Waals surface area contributed by atoms with Gasteiger partial charge in [-0.05, 0) is 31.1 Å². The zero-order chi connectivity index (χ0) is 12.7. The van der Waals surface area contributed by atoms with Gasteiger partial charge in [0, 0.05) is 13.1 Å². The molecule has 0 aliphatic heterocycles. The average Bonchev–Trinajstić information content (AvgIpc) is 2.32. The van der Waals surface area contributed by atoms with Crippen molar-refractivity contribution in [2.45, 2.75) is 20.3 Å². The molecule has 6 heteroatoms. The molecular formula is C11H18ClFN4. The number of hydrogen-bond donors (Lipinski definition) is 1. The quantitative estimate of drug-likeness (QED) is 0.765. The number of halogens is 2. The first-order valence-electron chi connectivity index (χ1n) is 5.81. The summed E-state index contributed by atoms with van der Waals surface area (Å²) in [6.07, 6.45) is 2.18. The number of nitrogens with zero attached hydrogens (tertiary/aromatic N) is 3. The Labute approximate surface area is 106 Å². The van der Waals surface area contributed by atoms with E-state index >= 15 is 0 Å². The minimum absolute atomic E-state index is 0.0507. The highest BCUT2D eigenvalue weighted by atomic mass is 35.5. The smallest absolute Gasteiger partial charge is 0.224 e. The Morgan fingerprint density at radius 3 is 2.82 bits per heavy atom. The fraction of sp³-hybridized carbons (Fsp3) is 0.636. The Balaban J connectivity index is 2.42. The van der Waals surface area contributed by atoms with Crippen molar-refractivity contribution in [3.8, 4) is 0 Å². The van der Waals surface area contributed by atoms with E-state index in [0.717, 1.165) is 32.3 Å². The van der Waals surface area contributed by atoms with Crippen LogP contribution in [0.2, 0.25) is 5.28 Å². The summed E-state index contributed by atoms with van der Waals surface area (Å²) in [6.45, 7) is 7.77. The number of nitrogens with one attached hydrogen (secondary N) is 1. The summed E-state index contributed by atoms with van der Waals surface area (Å²) in [5.41, 5.74) is 0. The van der Waals surface area contributed by atoms with Gasteiger partial charge in [-0.1, -0.05) is 13.8 Å². The van der Waals surface area contributed by atoms with Crippen molar-refractivity contribution in [2.24, 2.45) is 0 Å². The summed E-state index contributed by atoms with van der Waals surface area (Å²) in [5.74, 6) is -0.314. The van der Waals surface area contributed by atoms with Crippen LogP contribution in [0.4, 0.5) is 10.2 Å². The van der Waals surface area contributed by atoms with Gasteiger partial charge in [0.1, 0.15) is 0 Å². The van der Waals surface area contributed by atoms with Crippen LogP contribution >= 0.6 is 11.6 Å². The zero-order valence-corrected chi connectivity index (χ0v) is 11.0. The third-order valence-electron chi connectivity index (χ3n) is 2.42. The van der Waals surface area contributed by atoms with Crippen LogP contribution in [0.25, 0.3) is 0 Å². The van der Waals surface area contributed by atoms with Crippen molar-refractivity contribution in [1.29, 1.82) is 0 Å².